The Balaban J connectivity index is 1.31. The molecule has 2 saturated carbocycles. The van der Waals surface area contributed by atoms with Crippen LogP contribution in [-0.2, 0) is 9.53 Å². The smallest absolute Gasteiger partial charge is 0.306 e. The van der Waals surface area contributed by atoms with Gasteiger partial charge in [0.15, 0.2) is 0 Å². The molecule has 4 heteroatoms. The lowest BCUT2D eigenvalue weighted by molar-refractivity contribution is -0.143. The van der Waals surface area contributed by atoms with Crippen molar-refractivity contribution >= 4 is 5.97 Å². The second-order valence-corrected chi connectivity index (χ2v) is 9.67. The Labute approximate surface area is 158 Å². The van der Waals surface area contributed by atoms with Crippen LogP contribution in [0, 0.1) is 29.6 Å². The molecule has 148 valence electrons. The van der Waals surface area contributed by atoms with Crippen molar-refractivity contribution in [1.82, 2.24) is 5.32 Å². The molecule has 7 atom stereocenters. The average molecular weight is 364 g/mol. The van der Waals surface area contributed by atoms with Crippen LogP contribution < -0.4 is 5.32 Å². The Kier molecular flexibility index (Phi) is 5.61. The summed E-state index contributed by atoms with van der Waals surface area (Å²) < 4.78 is 6.67. The zero-order valence-corrected chi connectivity index (χ0v) is 16.5. The summed E-state index contributed by atoms with van der Waals surface area (Å²) >= 11 is 0. The molecule has 4 nitrogen and oxygen atoms in total. The second-order valence-electron chi connectivity index (χ2n) is 9.67. The first-order valence-corrected chi connectivity index (χ1v) is 11.2. The first-order chi connectivity index (χ1) is 12.6. The van der Waals surface area contributed by atoms with Crippen molar-refractivity contribution in [3.8, 4) is 0 Å². The zero-order chi connectivity index (χ0) is 18.3. The molecule has 0 radical (unpaired) electrons. The fraction of sp³-hybridized carbons (Fsp3) is 0.955. The molecule has 0 aromatic rings. The molecule has 2 aliphatic heterocycles. The number of hydrogen-bond donors (Lipinski definition) is 2. The molecule has 0 spiro atoms. The highest BCUT2D eigenvalue weighted by Gasteiger charge is 2.48. The van der Waals surface area contributed by atoms with Gasteiger partial charge in [-0.15, -0.1) is 0 Å². The molecule has 4 fully saturated rings. The number of carbonyl (C=O) groups is 1. The molecule has 4 aliphatic rings. The van der Waals surface area contributed by atoms with Crippen LogP contribution in [0.1, 0.15) is 78.1 Å². The van der Waals surface area contributed by atoms with E-state index in [0.717, 1.165) is 43.4 Å². The first-order valence-electron chi connectivity index (χ1n) is 11.2. The number of carboxylic acid groups (broad SMARTS) is 1. The van der Waals surface area contributed by atoms with Gasteiger partial charge in [-0.3, -0.25) is 4.79 Å². The lowest BCUT2D eigenvalue weighted by Gasteiger charge is -2.36. The van der Waals surface area contributed by atoms with Crippen LogP contribution >= 0.6 is 0 Å². The number of nitrogens with one attached hydrogen (secondary N) is 1. The van der Waals surface area contributed by atoms with Gasteiger partial charge in [0.25, 0.3) is 0 Å². The summed E-state index contributed by atoms with van der Waals surface area (Å²) in [5.74, 6) is 2.33. The van der Waals surface area contributed by atoms with Crippen molar-refractivity contribution in [2.24, 2.45) is 29.6 Å². The van der Waals surface area contributed by atoms with Crippen LogP contribution in [0.15, 0.2) is 0 Å². The van der Waals surface area contributed by atoms with E-state index in [-0.39, 0.29) is 5.92 Å². The SMILES string of the molecule is CCC1CCC(C)C2CC(C3CCC(C4CCC(C(=O)O)CC4)N3)OC12. The quantitative estimate of drug-likeness (QED) is 0.785. The molecule has 0 aromatic carbocycles. The molecule has 2 saturated heterocycles. The Morgan fingerprint density at radius 3 is 2.46 bits per heavy atom. The third-order valence-electron chi connectivity index (χ3n) is 8.33. The van der Waals surface area contributed by atoms with E-state index in [1.165, 1.54) is 38.5 Å². The van der Waals surface area contributed by atoms with Gasteiger partial charge in [-0.05, 0) is 81.5 Å². The highest BCUT2D eigenvalue weighted by atomic mass is 16.5. The van der Waals surface area contributed by atoms with Crippen molar-refractivity contribution in [2.45, 2.75) is 102 Å². The molecule has 4 rings (SSSR count). The predicted octanol–water partition coefficient (Wildman–Crippen LogP) is 4.23. The molecule has 2 N–H and O–H groups in total. The van der Waals surface area contributed by atoms with Gasteiger partial charge in [-0.2, -0.15) is 0 Å². The standard InChI is InChI=1S/C22H37NO3/c1-3-14-5-4-13(2)17-12-20(26-21(14)17)19-11-10-18(23-19)15-6-8-16(9-7-15)22(24)25/h13-21,23H,3-12H2,1-2H3,(H,24,25). The minimum Gasteiger partial charge on any atom is -0.481 e. The normalized spacial score (nSPS) is 49.1. The number of hydrogen-bond acceptors (Lipinski definition) is 3. The van der Waals surface area contributed by atoms with Gasteiger partial charge >= 0.3 is 5.97 Å². The second kappa shape index (κ2) is 7.79. The third kappa shape index (κ3) is 3.56. The van der Waals surface area contributed by atoms with Gasteiger partial charge in [0.1, 0.15) is 0 Å². The van der Waals surface area contributed by atoms with Crippen molar-refractivity contribution in [1.29, 1.82) is 0 Å². The molecule has 2 aliphatic carbocycles. The van der Waals surface area contributed by atoms with Crippen molar-refractivity contribution < 1.29 is 14.6 Å². The number of ether oxygens (including phenoxy) is 1. The van der Waals surface area contributed by atoms with Crippen LogP contribution in [0.4, 0.5) is 0 Å². The summed E-state index contributed by atoms with van der Waals surface area (Å²) in [5.41, 5.74) is 0. The lowest BCUT2D eigenvalue weighted by Crippen LogP contribution is -2.42. The molecule has 26 heavy (non-hydrogen) atoms. The van der Waals surface area contributed by atoms with Crippen LogP contribution in [0.5, 0.6) is 0 Å². The highest BCUT2D eigenvalue weighted by molar-refractivity contribution is 5.70. The minimum atomic E-state index is -0.595. The fourth-order valence-electron chi connectivity index (χ4n) is 6.56. The molecular formula is C22H37NO3. The van der Waals surface area contributed by atoms with Gasteiger partial charge in [0.2, 0.25) is 0 Å². The molecule has 2 heterocycles. The van der Waals surface area contributed by atoms with E-state index in [1.54, 1.807) is 0 Å². The maximum absolute atomic E-state index is 11.2. The largest absolute Gasteiger partial charge is 0.481 e. The van der Waals surface area contributed by atoms with E-state index < -0.39 is 5.97 Å². The van der Waals surface area contributed by atoms with Crippen LogP contribution in [0.25, 0.3) is 0 Å². The molecule has 7 unspecified atom stereocenters. The number of aliphatic carboxylic acids is 1. The maximum Gasteiger partial charge on any atom is 0.306 e. The fourth-order valence-corrected chi connectivity index (χ4v) is 6.56. The lowest BCUT2D eigenvalue weighted by atomic mass is 9.71. The Morgan fingerprint density at radius 1 is 1.04 bits per heavy atom. The van der Waals surface area contributed by atoms with Gasteiger partial charge in [0, 0.05) is 12.1 Å². The van der Waals surface area contributed by atoms with Crippen LogP contribution in [0.3, 0.4) is 0 Å². The topological polar surface area (TPSA) is 58.6 Å². The summed E-state index contributed by atoms with van der Waals surface area (Å²) in [6, 6.07) is 1.10. The van der Waals surface area contributed by atoms with Crippen LogP contribution in [0.2, 0.25) is 0 Å². The number of rotatable bonds is 4. The van der Waals surface area contributed by atoms with E-state index >= 15 is 0 Å². The third-order valence-corrected chi connectivity index (χ3v) is 8.33. The van der Waals surface area contributed by atoms with Crippen molar-refractivity contribution in [3.05, 3.63) is 0 Å². The van der Waals surface area contributed by atoms with E-state index in [4.69, 9.17) is 4.74 Å². The van der Waals surface area contributed by atoms with E-state index in [9.17, 15) is 9.90 Å². The van der Waals surface area contributed by atoms with Gasteiger partial charge in [0.05, 0.1) is 18.1 Å². The first kappa shape index (κ1) is 18.7. The Hall–Kier alpha value is -0.610. The highest BCUT2D eigenvalue weighted by Crippen LogP contribution is 2.46. The van der Waals surface area contributed by atoms with Gasteiger partial charge in [-0.25, -0.2) is 0 Å². The zero-order valence-electron chi connectivity index (χ0n) is 16.5. The molecule has 0 bridgehead atoms. The Bertz CT molecular complexity index is 502. The minimum absolute atomic E-state index is 0.0998. The van der Waals surface area contributed by atoms with E-state index in [0.29, 0.717) is 30.2 Å². The number of fused-ring (bicyclic) bond motifs is 1. The molecular weight excluding hydrogens is 326 g/mol. The number of carboxylic acids is 1. The summed E-state index contributed by atoms with van der Waals surface area (Å²) in [5, 5.41) is 13.1. The van der Waals surface area contributed by atoms with Crippen molar-refractivity contribution in [2.75, 3.05) is 0 Å². The molecule has 0 amide bonds. The van der Waals surface area contributed by atoms with E-state index in [1.807, 2.05) is 0 Å². The summed E-state index contributed by atoms with van der Waals surface area (Å²) in [6.07, 6.45) is 12.5. The average Bonchev–Trinajstić information content (AvgIpc) is 3.30. The van der Waals surface area contributed by atoms with Crippen molar-refractivity contribution in [3.63, 3.8) is 0 Å². The Morgan fingerprint density at radius 2 is 1.77 bits per heavy atom. The maximum atomic E-state index is 11.2. The summed E-state index contributed by atoms with van der Waals surface area (Å²) in [7, 11) is 0. The predicted molar refractivity (Wildman–Crippen MR) is 102 cm³/mol. The van der Waals surface area contributed by atoms with E-state index in [2.05, 4.69) is 19.2 Å². The molecule has 0 aromatic heterocycles. The summed E-state index contributed by atoms with van der Waals surface area (Å²) in [6.45, 7) is 4.76. The van der Waals surface area contributed by atoms with Gasteiger partial charge < -0.3 is 15.2 Å². The monoisotopic (exact) mass is 363 g/mol. The van der Waals surface area contributed by atoms with Crippen LogP contribution in [-0.4, -0.2) is 35.4 Å². The van der Waals surface area contributed by atoms with Gasteiger partial charge in [-0.1, -0.05) is 20.3 Å². The summed E-state index contributed by atoms with van der Waals surface area (Å²) in [4.78, 5) is 11.2.